The lowest BCUT2D eigenvalue weighted by Crippen LogP contribution is -2.51. The van der Waals surface area contributed by atoms with E-state index >= 15 is 0 Å². The quantitative estimate of drug-likeness (QED) is 0.393. The van der Waals surface area contributed by atoms with Crippen molar-refractivity contribution in [2.45, 2.75) is 76.4 Å². The number of nitrogens with one attached hydrogen (secondary N) is 1. The molecule has 2 aromatic carbocycles. The normalized spacial score (nSPS) is 23.0. The zero-order chi connectivity index (χ0) is 30.2. The molecule has 2 aliphatic heterocycles. The summed E-state index contributed by atoms with van der Waals surface area (Å²) in [7, 11) is 0. The number of hydrogen-bond donors (Lipinski definition) is 2. The predicted molar refractivity (Wildman–Crippen MR) is 167 cm³/mol. The molecule has 3 atom stereocenters. The molecule has 2 N–H and O–H groups in total. The van der Waals surface area contributed by atoms with Crippen LogP contribution in [-0.2, 0) is 11.3 Å². The van der Waals surface area contributed by atoms with Gasteiger partial charge in [-0.15, -0.1) is 0 Å². The molecule has 43 heavy (non-hydrogen) atoms. The molecule has 3 fully saturated rings. The van der Waals surface area contributed by atoms with Crippen molar-refractivity contribution in [1.82, 2.24) is 20.0 Å². The van der Waals surface area contributed by atoms with Crippen molar-refractivity contribution in [3.8, 4) is 6.07 Å². The van der Waals surface area contributed by atoms with Crippen molar-refractivity contribution in [3.05, 3.63) is 71.3 Å². The summed E-state index contributed by atoms with van der Waals surface area (Å²) in [4.78, 5) is 32.5. The van der Waals surface area contributed by atoms with E-state index in [0.29, 0.717) is 30.5 Å². The van der Waals surface area contributed by atoms with Crippen LogP contribution in [0.15, 0.2) is 54.6 Å². The Morgan fingerprint density at radius 2 is 1.70 bits per heavy atom. The van der Waals surface area contributed by atoms with E-state index in [-0.39, 0.29) is 24.0 Å². The second kappa shape index (κ2) is 14.9. The van der Waals surface area contributed by atoms with Crippen LogP contribution in [0.4, 0.5) is 4.79 Å². The third kappa shape index (κ3) is 7.76. The number of amides is 2. The monoisotopic (exact) mass is 585 g/mol. The summed E-state index contributed by atoms with van der Waals surface area (Å²) < 4.78 is 0. The minimum atomic E-state index is -0.655. The van der Waals surface area contributed by atoms with Crippen molar-refractivity contribution < 1.29 is 14.7 Å². The molecule has 2 heterocycles. The number of benzene rings is 2. The summed E-state index contributed by atoms with van der Waals surface area (Å²) in [6, 6.07) is 19.9. The van der Waals surface area contributed by atoms with E-state index in [1.165, 1.54) is 12.0 Å². The van der Waals surface area contributed by atoms with E-state index in [9.17, 15) is 14.7 Å². The highest BCUT2D eigenvalue weighted by atomic mass is 16.4. The molecule has 0 radical (unpaired) electrons. The summed E-state index contributed by atoms with van der Waals surface area (Å²) in [6.07, 6.45) is 7.43. The lowest BCUT2D eigenvalue weighted by Gasteiger charge is -2.39. The molecule has 5 rings (SSSR count). The fourth-order valence-corrected chi connectivity index (χ4v) is 7.79. The molecule has 0 aromatic heterocycles. The highest BCUT2D eigenvalue weighted by Gasteiger charge is 2.43. The summed E-state index contributed by atoms with van der Waals surface area (Å²) >= 11 is 0. The third-order valence-electron chi connectivity index (χ3n) is 10.1. The molecule has 0 spiro atoms. The molecular weight excluding hydrogens is 538 g/mol. The van der Waals surface area contributed by atoms with Crippen LogP contribution in [0.25, 0.3) is 0 Å². The number of nitrogens with zero attached hydrogens (tertiary/aromatic N) is 4. The molecule has 2 aromatic rings. The number of carbonyl (C=O) groups is 2. The van der Waals surface area contributed by atoms with Gasteiger partial charge in [-0.1, -0.05) is 61.7 Å². The predicted octanol–water partition coefficient (Wildman–Crippen LogP) is 5.30. The SMILES string of the molecule is CCN(C(=O)NCc1ccc(C#N)cc1)C1CCN(CC2CN(C(C(=O)O)C3CCCCC3)CC2c2ccccc2)CC1. The lowest BCUT2D eigenvalue weighted by atomic mass is 9.83. The number of carbonyl (C=O) groups excluding carboxylic acids is 1. The molecule has 0 bridgehead atoms. The van der Waals surface area contributed by atoms with Gasteiger partial charge in [0, 0.05) is 57.8 Å². The number of likely N-dealkylation sites (tertiary alicyclic amines) is 2. The Kier molecular flexibility index (Phi) is 10.7. The molecule has 2 saturated heterocycles. The number of hydrogen-bond acceptors (Lipinski definition) is 5. The molecule has 230 valence electrons. The molecule has 1 aliphatic carbocycles. The van der Waals surface area contributed by atoms with E-state index < -0.39 is 5.97 Å². The van der Waals surface area contributed by atoms with Crippen LogP contribution in [0.1, 0.15) is 74.5 Å². The molecule has 1 saturated carbocycles. The Morgan fingerprint density at radius 1 is 1.00 bits per heavy atom. The van der Waals surface area contributed by atoms with Crippen molar-refractivity contribution in [2.24, 2.45) is 11.8 Å². The zero-order valence-corrected chi connectivity index (χ0v) is 25.5. The second-order valence-corrected chi connectivity index (χ2v) is 12.7. The topological polar surface area (TPSA) is 99.9 Å². The number of nitriles is 1. The Bertz CT molecular complexity index is 1230. The first-order chi connectivity index (χ1) is 21.0. The fraction of sp³-hybridized carbons (Fsp3) is 0.571. The number of carboxylic acids is 1. The van der Waals surface area contributed by atoms with Crippen LogP contribution >= 0.6 is 0 Å². The maximum atomic E-state index is 13.1. The van der Waals surface area contributed by atoms with E-state index in [1.807, 2.05) is 24.0 Å². The van der Waals surface area contributed by atoms with Gasteiger partial charge in [0.05, 0.1) is 11.6 Å². The average molecular weight is 586 g/mol. The van der Waals surface area contributed by atoms with Crippen molar-refractivity contribution in [3.63, 3.8) is 0 Å². The fourth-order valence-electron chi connectivity index (χ4n) is 7.79. The van der Waals surface area contributed by atoms with Crippen LogP contribution in [0.5, 0.6) is 0 Å². The van der Waals surface area contributed by atoms with E-state index in [4.69, 9.17) is 5.26 Å². The van der Waals surface area contributed by atoms with Gasteiger partial charge in [-0.2, -0.15) is 5.26 Å². The Morgan fingerprint density at radius 3 is 2.33 bits per heavy atom. The third-order valence-corrected chi connectivity index (χ3v) is 10.1. The number of urea groups is 1. The largest absolute Gasteiger partial charge is 0.480 e. The lowest BCUT2D eigenvalue weighted by molar-refractivity contribution is -0.145. The maximum Gasteiger partial charge on any atom is 0.321 e. The van der Waals surface area contributed by atoms with Crippen molar-refractivity contribution >= 4 is 12.0 Å². The first-order valence-corrected chi connectivity index (χ1v) is 16.2. The number of rotatable bonds is 10. The van der Waals surface area contributed by atoms with E-state index in [1.54, 1.807) is 12.1 Å². The first-order valence-electron chi connectivity index (χ1n) is 16.2. The Labute approximate surface area is 256 Å². The van der Waals surface area contributed by atoms with Gasteiger partial charge >= 0.3 is 12.0 Å². The van der Waals surface area contributed by atoms with Crippen LogP contribution < -0.4 is 5.32 Å². The number of carboxylic acid groups (broad SMARTS) is 1. The Balaban J connectivity index is 1.18. The molecule has 8 nitrogen and oxygen atoms in total. The molecular formula is C35H47N5O3. The number of piperidine rings is 1. The highest BCUT2D eigenvalue weighted by Crippen LogP contribution is 2.38. The standard InChI is InChI=1S/C35H47N5O3/c1-2-40(35(43)37-22-27-15-13-26(21-36)14-16-27)31-17-19-38(20-18-31)23-30-24-39(25-32(30)28-9-5-3-6-10-28)33(34(41)42)29-11-7-4-8-12-29/h3,5-6,9-10,13-16,29-33H,2,4,7-8,11-12,17-20,22-25H2,1H3,(H,37,43)(H,41,42). The average Bonchev–Trinajstić information content (AvgIpc) is 3.45. The zero-order valence-electron chi connectivity index (χ0n) is 25.5. The Hall–Kier alpha value is -3.41. The van der Waals surface area contributed by atoms with Gasteiger partial charge < -0.3 is 20.2 Å². The first kappa shape index (κ1) is 31.0. The van der Waals surface area contributed by atoms with Gasteiger partial charge in [-0.25, -0.2) is 4.79 Å². The summed E-state index contributed by atoms with van der Waals surface area (Å²) in [6.45, 7) is 7.60. The van der Waals surface area contributed by atoms with Gasteiger partial charge in [0.1, 0.15) is 6.04 Å². The minimum Gasteiger partial charge on any atom is -0.480 e. The summed E-state index contributed by atoms with van der Waals surface area (Å²) in [5.41, 5.74) is 2.91. The van der Waals surface area contributed by atoms with Gasteiger partial charge in [0.15, 0.2) is 0 Å². The van der Waals surface area contributed by atoms with E-state index in [0.717, 1.165) is 76.8 Å². The minimum absolute atomic E-state index is 0.0386. The van der Waals surface area contributed by atoms with Crippen LogP contribution in [0.3, 0.4) is 0 Å². The summed E-state index contributed by atoms with van der Waals surface area (Å²) in [5, 5.41) is 22.4. The van der Waals surface area contributed by atoms with Gasteiger partial charge in [-0.05, 0) is 67.7 Å². The van der Waals surface area contributed by atoms with Crippen LogP contribution in [0, 0.1) is 23.2 Å². The molecule has 8 heteroatoms. The molecule has 2 amide bonds. The highest BCUT2D eigenvalue weighted by molar-refractivity contribution is 5.74. The number of aliphatic carboxylic acids is 1. The van der Waals surface area contributed by atoms with Gasteiger partial charge in [0.25, 0.3) is 0 Å². The van der Waals surface area contributed by atoms with Gasteiger partial charge in [-0.3, -0.25) is 9.69 Å². The summed E-state index contributed by atoms with van der Waals surface area (Å²) in [5.74, 6) is 0.296. The van der Waals surface area contributed by atoms with Crippen molar-refractivity contribution in [1.29, 1.82) is 5.26 Å². The smallest absolute Gasteiger partial charge is 0.321 e. The molecule has 3 aliphatic rings. The van der Waals surface area contributed by atoms with Crippen LogP contribution in [-0.4, -0.2) is 83.2 Å². The van der Waals surface area contributed by atoms with Crippen LogP contribution in [0.2, 0.25) is 0 Å². The second-order valence-electron chi connectivity index (χ2n) is 12.7. The van der Waals surface area contributed by atoms with Gasteiger partial charge in [0.2, 0.25) is 0 Å². The van der Waals surface area contributed by atoms with Crippen molar-refractivity contribution in [2.75, 3.05) is 39.3 Å². The van der Waals surface area contributed by atoms with E-state index in [2.05, 4.69) is 51.5 Å². The maximum absolute atomic E-state index is 13.1. The molecule has 3 unspecified atom stereocenters.